The molecule has 0 unspecified atom stereocenters. The first-order valence-electron chi connectivity index (χ1n) is 7.52. The molecule has 1 spiro atoms. The number of nitro groups is 1. The van der Waals surface area contributed by atoms with Crippen LogP contribution in [0.15, 0.2) is 24.3 Å². The zero-order chi connectivity index (χ0) is 15.7. The quantitative estimate of drug-likeness (QED) is 0.486. The highest BCUT2D eigenvalue weighted by atomic mass is 16.6. The molecular formula is C16H17NO5. The van der Waals surface area contributed by atoms with E-state index in [1.54, 1.807) is 0 Å². The molecule has 1 atom stereocenters. The fraction of sp³-hybridized carbons (Fsp3) is 0.500. The fourth-order valence-corrected chi connectivity index (χ4v) is 3.58. The van der Waals surface area contributed by atoms with Crippen LogP contribution >= 0.6 is 0 Å². The lowest BCUT2D eigenvalue weighted by atomic mass is 9.83. The van der Waals surface area contributed by atoms with Crippen LogP contribution in [0, 0.1) is 15.5 Å². The largest absolute Gasteiger partial charge is 0.451 e. The maximum atomic E-state index is 12.5. The number of benzene rings is 1. The smallest absolute Gasteiger partial charge is 0.338 e. The summed E-state index contributed by atoms with van der Waals surface area (Å²) in [5.74, 6) is -0.538. The molecule has 0 heterocycles. The van der Waals surface area contributed by atoms with Gasteiger partial charge in [-0.2, -0.15) is 0 Å². The number of ether oxygens (including phenoxy) is 1. The van der Waals surface area contributed by atoms with Gasteiger partial charge in [0.1, 0.15) is 0 Å². The standard InChI is InChI=1S/C16H17NO5/c18-14-13(7-10-16(14)8-1-2-9-16)22-15(19)11-3-5-12(6-4-11)17(20)21/h3-6,13H,1-2,7-10H2/t13-/m1/s1. The number of nitrogens with zero attached hydrogens (tertiary/aromatic N) is 1. The molecule has 1 aromatic rings. The molecule has 6 nitrogen and oxygen atoms in total. The van der Waals surface area contributed by atoms with Crippen LogP contribution in [0.25, 0.3) is 0 Å². The molecule has 6 heteroatoms. The maximum Gasteiger partial charge on any atom is 0.338 e. The van der Waals surface area contributed by atoms with E-state index in [1.807, 2.05) is 0 Å². The number of non-ortho nitro benzene ring substituents is 1. The first kappa shape index (κ1) is 14.7. The number of carbonyl (C=O) groups excluding carboxylic acids is 2. The van der Waals surface area contributed by atoms with E-state index >= 15 is 0 Å². The average molecular weight is 303 g/mol. The van der Waals surface area contributed by atoms with E-state index in [9.17, 15) is 19.7 Å². The number of esters is 1. The Balaban J connectivity index is 1.67. The summed E-state index contributed by atoms with van der Waals surface area (Å²) in [5.41, 5.74) is -0.121. The molecule has 2 aliphatic carbocycles. The van der Waals surface area contributed by atoms with Crippen molar-refractivity contribution in [1.82, 2.24) is 0 Å². The molecule has 0 saturated heterocycles. The minimum atomic E-state index is -0.666. The Morgan fingerprint density at radius 1 is 1.18 bits per heavy atom. The third kappa shape index (κ3) is 2.49. The third-order valence-electron chi connectivity index (χ3n) is 4.82. The van der Waals surface area contributed by atoms with Crippen LogP contribution in [0.3, 0.4) is 0 Å². The van der Waals surface area contributed by atoms with Gasteiger partial charge in [-0.15, -0.1) is 0 Å². The number of carbonyl (C=O) groups is 2. The van der Waals surface area contributed by atoms with E-state index < -0.39 is 17.0 Å². The van der Waals surface area contributed by atoms with Gasteiger partial charge in [-0.25, -0.2) is 4.79 Å². The zero-order valence-electron chi connectivity index (χ0n) is 12.1. The molecule has 116 valence electrons. The number of hydrogen-bond acceptors (Lipinski definition) is 5. The van der Waals surface area contributed by atoms with Gasteiger partial charge in [0.05, 0.1) is 10.5 Å². The normalized spacial score (nSPS) is 22.9. The Bertz CT molecular complexity index is 616. The summed E-state index contributed by atoms with van der Waals surface area (Å²) in [5, 5.41) is 10.6. The zero-order valence-corrected chi connectivity index (χ0v) is 12.1. The lowest BCUT2D eigenvalue weighted by Gasteiger charge is -2.20. The second kappa shape index (κ2) is 5.51. The summed E-state index contributed by atoms with van der Waals surface area (Å²) in [6.07, 6.45) is 4.64. The predicted octanol–water partition coefficient (Wildman–Crippen LogP) is 3.04. The molecule has 0 radical (unpaired) electrons. The molecule has 22 heavy (non-hydrogen) atoms. The van der Waals surface area contributed by atoms with Gasteiger partial charge in [-0.1, -0.05) is 12.8 Å². The lowest BCUT2D eigenvalue weighted by molar-refractivity contribution is -0.384. The highest BCUT2D eigenvalue weighted by molar-refractivity contribution is 5.96. The second-order valence-electron chi connectivity index (χ2n) is 6.09. The van der Waals surface area contributed by atoms with Crippen LogP contribution in [0.4, 0.5) is 5.69 Å². The molecule has 0 bridgehead atoms. The number of ketones is 1. The number of rotatable bonds is 3. The van der Waals surface area contributed by atoms with E-state index in [1.165, 1.54) is 24.3 Å². The van der Waals surface area contributed by atoms with Gasteiger partial charge in [-0.3, -0.25) is 14.9 Å². The Labute approximate surface area is 127 Å². The van der Waals surface area contributed by atoms with Crippen molar-refractivity contribution in [2.75, 3.05) is 0 Å². The van der Waals surface area contributed by atoms with E-state index in [2.05, 4.69) is 0 Å². The van der Waals surface area contributed by atoms with Gasteiger partial charge in [-0.05, 0) is 37.8 Å². The fourth-order valence-electron chi connectivity index (χ4n) is 3.58. The van der Waals surface area contributed by atoms with Crippen LogP contribution in [0.5, 0.6) is 0 Å². The van der Waals surface area contributed by atoms with Crippen molar-refractivity contribution in [1.29, 1.82) is 0 Å². The molecule has 1 aromatic carbocycles. The second-order valence-corrected chi connectivity index (χ2v) is 6.09. The molecule has 0 N–H and O–H groups in total. The van der Waals surface area contributed by atoms with Crippen LogP contribution in [0.2, 0.25) is 0 Å². The van der Waals surface area contributed by atoms with Crippen LogP contribution in [-0.4, -0.2) is 22.8 Å². The van der Waals surface area contributed by atoms with Gasteiger partial charge < -0.3 is 4.74 Å². The van der Waals surface area contributed by atoms with E-state index in [4.69, 9.17) is 4.74 Å². The summed E-state index contributed by atoms with van der Waals surface area (Å²) < 4.78 is 5.34. The first-order chi connectivity index (χ1) is 10.5. The van der Waals surface area contributed by atoms with Gasteiger partial charge in [0.2, 0.25) is 0 Å². The van der Waals surface area contributed by atoms with Crippen LogP contribution < -0.4 is 0 Å². The third-order valence-corrected chi connectivity index (χ3v) is 4.82. The van der Waals surface area contributed by atoms with E-state index in [0.717, 1.165) is 32.1 Å². The predicted molar refractivity (Wildman–Crippen MR) is 77.4 cm³/mol. The first-order valence-corrected chi connectivity index (χ1v) is 7.52. The van der Waals surface area contributed by atoms with Crippen molar-refractivity contribution in [3.05, 3.63) is 39.9 Å². The van der Waals surface area contributed by atoms with Crippen molar-refractivity contribution in [3.63, 3.8) is 0 Å². The van der Waals surface area contributed by atoms with Gasteiger partial charge >= 0.3 is 5.97 Å². The number of hydrogen-bond donors (Lipinski definition) is 0. The minimum Gasteiger partial charge on any atom is -0.451 e. The SMILES string of the molecule is O=C(O[C@@H]1CCC2(CCCC2)C1=O)c1ccc([N+](=O)[O-])cc1. The summed E-state index contributed by atoms with van der Waals surface area (Å²) in [6.45, 7) is 0. The molecule has 2 fully saturated rings. The van der Waals surface area contributed by atoms with Crippen molar-refractivity contribution >= 4 is 17.4 Å². The molecule has 2 aliphatic rings. The lowest BCUT2D eigenvalue weighted by Crippen LogP contribution is -2.31. The number of nitro benzene ring substituents is 1. The van der Waals surface area contributed by atoms with Crippen molar-refractivity contribution in [2.45, 2.75) is 44.6 Å². The highest BCUT2D eigenvalue weighted by Crippen LogP contribution is 2.48. The van der Waals surface area contributed by atoms with Crippen molar-refractivity contribution in [2.24, 2.45) is 5.41 Å². The Hall–Kier alpha value is -2.24. The van der Waals surface area contributed by atoms with Crippen LogP contribution in [-0.2, 0) is 9.53 Å². The Morgan fingerprint density at radius 3 is 2.41 bits per heavy atom. The van der Waals surface area contributed by atoms with Crippen LogP contribution in [0.1, 0.15) is 48.9 Å². The maximum absolute atomic E-state index is 12.5. The van der Waals surface area contributed by atoms with Crippen molar-refractivity contribution < 1.29 is 19.2 Å². The van der Waals surface area contributed by atoms with Gasteiger partial charge in [0, 0.05) is 17.5 Å². The molecule has 0 aliphatic heterocycles. The summed E-state index contributed by atoms with van der Waals surface area (Å²) >= 11 is 0. The molecule has 0 amide bonds. The van der Waals surface area contributed by atoms with E-state index in [-0.39, 0.29) is 22.4 Å². The van der Waals surface area contributed by atoms with Gasteiger partial charge in [0.25, 0.3) is 5.69 Å². The average Bonchev–Trinajstić information content (AvgIpc) is 3.11. The molecule has 2 saturated carbocycles. The minimum absolute atomic E-state index is 0.0558. The molecule has 3 rings (SSSR count). The number of Topliss-reactive ketones (excluding diaryl/α,β-unsaturated/α-hetero) is 1. The Kier molecular flexibility index (Phi) is 3.68. The monoisotopic (exact) mass is 303 g/mol. The summed E-state index contributed by atoms with van der Waals surface area (Å²) in [7, 11) is 0. The summed E-state index contributed by atoms with van der Waals surface area (Å²) in [4.78, 5) is 34.6. The molecular weight excluding hydrogens is 286 g/mol. The summed E-state index contributed by atoms with van der Waals surface area (Å²) in [6, 6.07) is 5.22. The topological polar surface area (TPSA) is 86.5 Å². The van der Waals surface area contributed by atoms with Crippen molar-refractivity contribution in [3.8, 4) is 0 Å². The Morgan fingerprint density at radius 2 is 1.82 bits per heavy atom. The van der Waals surface area contributed by atoms with Gasteiger partial charge in [0.15, 0.2) is 11.9 Å². The van der Waals surface area contributed by atoms with E-state index in [0.29, 0.717) is 6.42 Å². The highest BCUT2D eigenvalue weighted by Gasteiger charge is 2.50. The molecule has 0 aromatic heterocycles.